The van der Waals surface area contributed by atoms with E-state index < -0.39 is 0 Å². The number of carbonyl (C=O) groups excluding carboxylic acids is 1. The quantitative estimate of drug-likeness (QED) is 0.682. The normalized spacial score (nSPS) is 10.7. The first-order valence-electron chi connectivity index (χ1n) is 5.96. The average Bonchev–Trinajstić information content (AvgIpc) is 2.43. The molecule has 102 valence electrons. The number of hydrazone groups is 1. The molecule has 0 radical (unpaired) electrons. The molecule has 0 aliphatic heterocycles. The summed E-state index contributed by atoms with van der Waals surface area (Å²) < 4.78 is 13.3. The summed E-state index contributed by atoms with van der Waals surface area (Å²) in [4.78, 5) is 11.6. The Morgan fingerprint density at radius 1 is 1.20 bits per heavy atom. The SMILES string of the molecule is O=C(Cc1ccc(Cl)cc1)N/N=C\c1ccccc1F. The molecule has 1 N–H and O–H groups in total. The fourth-order valence-corrected chi connectivity index (χ4v) is 1.71. The fraction of sp³-hybridized carbons (Fsp3) is 0.0667. The van der Waals surface area contributed by atoms with Crippen LogP contribution in [0.25, 0.3) is 0 Å². The van der Waals surface area contributed by atoms with Crippen LogP contribution in [0.5, 0.6) is 0 Å². The lowest BCUT2D eigenvalue weighted by atomic mass is 10.1. The molecule has 20 heavy (non-hydrogen) atoms. The maximum absolute atomic E-state index is 13.3. The monoisotopic (exact) mass is 290 g/mol. The minimum Gasteiger partial charge on any atom is -0.273 e. The summed E-state index contributed by atoms with van der Waals surface area (Å²) in [6, 6.07) is 13.2. The predicted octanol–water partition coefficient (Wildman–Crippen LogP) is 3.17. The molecule has 0 unspecified atom stereocenters. The number of hydrogen-bond acceptors (Lipinski definition) is 2. The van der Waals surface area contributed by atoms with Gasteiger partial charge in [-0.2, -0.15) is 5.10 Å². The van der Waals surface area contributed by atoms with Gasteiger partial charge >= 0.3 is 0 Å². The van der Waals surface area contributed by atoms with Gasteiger partial charge in [0, 0.05) is 10.6 Å². The Morgan fingerprint density at radius 3 is 2.60 bits per heavy atom. The number of carbonyl (C=O) groups is 1. The van der Waals surface area contributed by atoms with E-state index in [9.17, 15) is 9.18 Å². The van der Waals surface area contributed by atoms with E-state index in [0.717, 1.165) is 5.56 Å². The van der Waals surface area contributed by atoms with Gasteiger partial charge in [-0.3, -0.25) is 4.79 Å². The van der Waals surface area contributed by atoms with Crippen molar-refractivity contribution in [1.82, 2.24) is 5.43 Å². The maximum atomic E-state index is 13.3. The third-order valence-electron chi connectivity index (χ3n) is 2.58. The van der Waals surface area contributed by atoms with E-state index in [-0.39, 0.29) is 18.1 Å². The Bertz CT molecular complexity index is 626. The minimum atomic E-state index is -0.386. The highest BCUT2D eigenvalue weighted by Gasteiger charge is 2.02. The van der Waals surface area contributed by atoms with Gasteiger partial charge in [0.25, 0.3) is 0 Å². The first-order valence-corrected chi connectivity index (χ1v) is 6.34. The summed E-state index contributed by atoms with van der Waals surface area (Å²) in [6.45, 7) is 0. The molecule has 0 saturated carbocycles. The van der Waals surface area contributed by atoms with Crippen molar-refractivity contribution in [3.8, 4) is 0 Å². The van der Waals surface area contributed by atoms with Crippen molar-refractivity contribution in [2.24, 2.45) is 5.10 Å². The van der Waals surface area contributed by atoms with E-state index >= 15 is 0 Å². The van der Waals surface area contributed by atoms with Crippen molar-refractivity contribution in [1.29, 1.82) is 0 Å². The maximum Gasteiger partial charge on any atom is 0.244 e. The smallest absolute Gasteiger partial charge is 0.244 e. The average molecular weight is 291 g/mol. The van der Waals surface area contributed by atoms with Crippen LogP contribution in [0.15, 0.2) is 53.6 Å². The predicted molar refractivity (Wildman–Crippen MR) is 77.3 cm³/mol. The summed E-state index contributed by atoms with van der Waals surface area (Å²) in [7, 11) is 0. The number of rotatable bonds is 4. The van der Waals surface area contributed by atoms with Crippen molar-refractivity contribution in [2.45, 2.75) is 6.42 Å². The molecule has 0 atom stereocenters. The number of nitrogens with zero attached hydrogens (tertiary/aromatic N) is 1. The molecule has 0 aromatic heterocycles. The molecular formula is C15H12ClFN2O. The number of nitrogens with one attached hydrogen (secondary N) is 1. The van der Waals surface area contributed by atoms with E-state index in [1.807, 2.05) is 0 Å². The molecule has 0 fully saturated rings. The van der Waals surface area contributed by atoms with E-state index in [4.69, 9.17) is 11.6 Å². The van der Waals surface area contributed by atoms with Gasteiger partial charge in [-0.05, 0) is 23.8 Å². The van der Waals surface area contributed by atoms with Crippen LogP contribution in [0.3, 0.4) is 0 Å². The van der Waals surface area contributed by atoms with Gasteiger partial charge in [0.1, 0.15) is 5.82 Å². The van der Waals surface area contributed by atoms with Crippen molar-refractivity contribution in [3.63, 3.8) is 0 Å². The molecule has 5 heteroatoms. The van der Waals surface area contributed by atoms with E-state index in [0.29, 0.717) is 10.6 Å². The fourth-order valence-electron chi connectivity index (χ4n) is 1.58. The van der Waals surface area contributed by atoms with Gasteiger partial charge in [0.05, 0.1) is 12.6 Å². The molecule has 0 aliphatic rings. The van der Waals surface area contributed by atoms with Crippen LogP contribution in [0.1, 0.15) is 11.1 Å². The van der Waals surface area contributed by atoms with Crippen molar-refractivity contribution in [3.05, 3.63) is 70.5 Å². The summed E-state index contributed by atoms with van der Waals surface area (Å²) in [6.07, 6.45) is 1.46. The van der Waals surface area contributed by atoms with Gasteiger partial charge in [-0.1, -0.05) is 41.9 Å². The topological polar surface area (TPSA) is 41.5 Å². The number of hydrogen-bond donors (Lipinski definition) is 1. The summed E-state index contributed by atoms with van der Waals surface area (Å²) in [5.74, 6) is -0.664. The molecule has 2 aromatic carbocycles. The standard InChI is InChI=1S/C15H12ClFN2O/c16-13-7-5-11(6-8-13)9-15(20)19-18-10-12-3-1-2-4-14(12)17/h1-8,10H,9H2,(H,19,20)/b18-10-. The zero-order chi connectivity index (χ0) is 14.4. The van der Waals surface area contributed by atoms with E-state index in [1.54, 1.807) is 42.5 Å². The van der Waals surface area contributed by atoms with Crippen LogP contribution >= 0.6 is 11.6 Å². The molecule has 0 aliphatic carbocycles. The van der Waals surface area contributed by atoms with Crippen molar-refractivity contribution in [2.75, 3.05) is 0 Å². The first kappa shape index (κ1) is 14.2. The highest BCUT2D eigenvalue weighted by Crippen LogP contribution is 2.09. The lowest BCUT2D eigenvalue weighted by Gasteiger charge is -2.01. The van der Waals surface area contributed by atoms with Gasteiger partial charge in [0.2, 0.25) is 5.91 Å². The summed E-state index contributed by atoms with van der Waals surface area (Å²) >= 11 is 5.75. The van der Waals surface area contributed by atoms with Crippen LogP contribution in [0, 0.1) is 5.82 Å². The van der Waals surface area contributed by atoms with Gasteiger partial charge in [-0.25, -0.2) is 9.82 Å². The zero-order valence-corrected chi connectivity index (χ0v) is 11.3. The molecule has 3 nitrogen and oxygen atoms in total. The molecule has 2 aromatic rings. The molecule has 2 rings (SSSR count). The lowest BCUT2D eigenvalue weighted by molar-refractivity contribution is -0.120. The van der Waals surface area contributed by atoms with Gasteiger partial charge < -0.3 is 0 Å². The first-order chi connectivity index (χ1) is 9.65. The Labute approximate surface area is 121 Å². The summed E-state index contributed by atoms with van der Waals surface area (Å²) in [5.41, 5.74) is 3.50. The third-order valence-corrected chi connectivity index (χ3v) is 2.83. The number of amides is 1. The number of halogens is 2. The second-order valence-electron chi connectivity index (χ2n) is 4.12. The van der Waals surface area contributed by atoms with Crippen molar-refractivity contribution < 1.29 is 9.18 Å². The Balaban J connectivity index is 1.89. The molecule has 0 spiro atoms. The highest BCUT2D eigenvalue weighted by atomic mass is 35.5. The number of benzene rings is 2. The molecule has 0 saturated heterocycles. The van der Waals surface area contributed by atoms with Crippen molar-refractivity contribution >= 4 is 23.7 Å². The lowest BCUT2D eigenvalue weighted by Crippen LogP contribution is -2.19. The molecule has 0 bridgehead atoms. The molecule has 0 heterocycles. The third kappa shape index (κ3) is 4.17. The van der Waals surface area contributed by atoms with Crippen LogP contribution in [-0.4, -0.2) is 12.1 Å². The van der Waals surface area contributed by atoms with E-state index in [1.165, 1.54) is 12.3 Å². The van der Waals surface area contributed by atoms with Gasteiger partial charge in [0.15, 0.2) is 0 Å². The second-order valence-corrected chi connectivity index (χ2v) is 4.55. The van der Waals surface area contributed by atoms with Crippen LogP contribution in [0.4, 0.5) is 4.39 Å². The largest absolute Gasteiger partial charge is 0.273 e. The molecular weight excluding hydrogens is 279 g/mol. The Morgan fingerprint density at radius 2 is 1.90 bits per heavy atom. The zero-order valence-electron chi connectivity index (χ0n) is 10.5. The highest BCUT2D eigenvalue weighted by molar-refractivity contribution is 6.30. The Hall–Kier alpha value is -2.20. The van der Waals surface area contributed by atoms with Crippen LogP contribution < -0.4 is 5.43 Å². The Kier molecular flexibility index (Phi) is 4.85. The van der Waals surface area contributed by atoms with Crippen LogP contribution in [-0.2, 0) is 11.2 Å². The summed E-state index contributed by atoms with van der Waals surface area (Å²) in [5, 5.41) is 4.34. The van der Waals surface area contributed by atoms with E-state index in [2.05, 4.69) is 10.5 Å². The van der Waals surface area contributed by atoms with Gasteiger partial charge in [-0.15, -0.1) is 0 Å². The minimum absolute atomic E-state index is 0.186. The van der Waals surface area contributed by atoms with Crippen LogP contribution in [0.2, 0.25) is 5.02 Å². The molecule has 1 amide bonds. The second kappa shape index (κ2) is 6.82.